The maximum atomic E-state index is 14.7. The van der Waals surface area contributed by atoms with Gasteiger partial charge in [-0.2, -0.15) is 5.26 Å². The van der Waals surface area contributed by atoms with E-state index in [-0.39, 0.29) is 29.4 Å². The van der Waals surface area contributed by atoms with Gasteiger partial charge in [-0.25, -0.2) is 4.79 Å². The van der Waals surface area contributed by atoms with Crippen molar-refractivity contribution in [3.8, 4) is 23.1 Å². The summed E-state index contributed by atoms with van der Waals surface area (Å²) in [5, 5.41) is 21.3. The van der Waals surface area contributed by atoms with Crippen LogP contribution in [-0.2, 0) is 26.9 Å². The van der Waals surface area contributed by atoms with Crippen LogP contribution in [0.4, 0.5) is 26.0 Å². The number of nitrogens with zero attached hydrogens (tertiary/aromatic N) is 9. The molecule has 1 saturated heterocycles. The number of nitrogens with one attached hydrogen (secondary N) is 1. The standard InChI is InChI=1S/C48H49ClF2N10O3/c1-57-41-17-12-36(25-43(41)58(2)48(57)63)60-21-3-4-31-24-42(61(47(50)51)29-44(31)60)33-6-9-34(53-28-33)8-5-30-19-22-59(23-20-30)45-18-16-40(55-56-45)46(62)54-35-10-14-37(15-11-35)64-38-13-7-32(27-52)39(49)26-38/h6-7,9,12-13,16-18,24-26,28-30,35,37,47H,3-5,8,10-11,14-15,19-23H2,1-2H3/p+1. The number of benzene rings is 2. The Morgan fingerprint density at radius 3 is 2.45 bits per heavy atom. The number of carbonyl (C=O) groups is 1. The second-order valence-corrected chi connectivity index (χ2v) is 17.6. The SMILES string of the molecule is Cn1c(=O)n(C)c2cc(N3CCCc4cc(-c5ccc(CCC6CCN(c7ccc(C(=O)NC8CCC(Oc9ccc(C#N)c(Cl)c9)CC8)nn7)CC6)nc5)[n+](C(F)F)cc43)ccc21. The highest BCUT2D eigenvalue weighted by atomic mass is 35.5. The van der Waals surface area contributed by atoms with E-state index in [0.717, 1.165) is 121 Å². The summed E-state index contributed by atoms with van der Waals surface area (Å²) >= 11 is 6.15. The number of fused-ring (bicyclic) bond motifs is 2. The fourth-order valence-corrected chi connectivity index (χ4v) is 9.71. The Bertz CT molecular complexity index is 2770. The van der Waals surface area contributed by atoms with E-state index in [4.69, 9.17) is 26.6 Å². The first-order chi connectivity index (χ1) is 31.0. The molecule has 2 fully saturated rings. The Labute approximate surface area is 374 Å². The number of halogens is 3. The zero-order valence-corrected chi connectivity index (χ0v) is 36.6. The van der Waals surface area contributed by atoms with Gasteiger partial charge >= 0.3 is 12.2 Å². The van der Waals surface area contributed by atoms with Crippen LogP contribution >= 0.6 is 11.6 Å². The van der Waals surface area contributed by atoms with Crippen molar-refractivity contribution in [3.05, 3.63) is 117 Å². The summed E-state index contributed by atoms with van der Waals surface area (Å²) in [6.07, 6.45) is 11.8. The van der Waals surface area contributed by atoms with Crippen LogP contribution in [0.15, 0.2) is 83.9 Å². The highest BCUT2D eigenvalue weighted by Crippen LogP contribution is 2.37. The van der Waals surface area contributed by atoms with Gasteiger partial charge in [-0.15, -0.1) is 23.5 Å². The topological polar surface area (TPSA) is 138 Å². The van der Waals surface area contributed by atoms with Gasteiger partial charge in [0.05, 0.1) is 33.3 Å². The molecular weight excluding hydrogens is 838 g/mol. The number of hydrogen-bond donors (Lipinski definition) is 1. The first kappa shape index (κ1) is 42.9. The van der Waals surface area contributed by atoms with Crippen LogP contribution < -0.4 is 30.1 Å². The largest absolute Gasteiger partial charge is 0.490 e. The first-order valence-corrected chi connectivity index (χ1v) is 22.4. The number of imidazole rings is 1. The van der Waals surface area contributed by atoms with Gasteiger partial charge in [-0.3, -0.25) is 18.9 Å². The molecule has 2 aliphatic heterocycles. The number of aryl methyl sites for hydroxylation is 4. The van der Waals surface area contributed by atoms with E-state index < -0.39 is 6.55 Å². The van der Waals surface area contributed by atoms with Gasteiger partial charge in [0.1, 0.15) is 17.5 Å². The molecule has 1 N–H and O–H groups in total. The number of carbonyl (C=O) groups excluding carboxylic acids is 1. The molecule has 4 aromatic heterocycles. The Kier molecular flexibility index (Phi) is 12.3. The van der Waals surface area contributed by atoms with Crippen molar-refractivity contribution >= 4 is 45.7 Å². The molecule has 0 unspecified atom stereocenters. The van der Waals surface area contributed by atoms with Crippen LogP contribution in [0.5, 0.6) is 5.75 Å². The van der Waals surface area contributed by atoms with Crippen molar-refractivity contribution in [2.45, 2.75) is 82.9 Å². The molecule has 64 heavy (non-hydrogen) atoms. The number of hydrogen-bond acceptors (Lipinski definition) is 9. The molecular formula is C48H50ClF2N10O3+. The lowest BCUT2D eigenvalue weighted by Gasteiger charge is -2.32. The van der Waals surface area contributed by atoms with Crippen LogP contribution in [-0.4, -0.2) is 62.0 Å². The minimum absolute atomic E-state index is 0.0125. The summed E-state index contributed by atoms with van der Waals surface area (Å²) in [7, 11) is 3.49. The van der Waals surface area contributed by atoms with Crippen LogP contribution in [0.3, 0.4) is 0 Å². The van der Waals surface area contributed by atoms with Gasteiger partial charge in [0.15, 0.2) is 17.7 Å². The second-order valence-electron chi connectivity index (χ2n) is 17.2. The predicted molar refractivity (Wildman–Crippen MR) is 240 cm³/mol. The normalized spacial score (nSPS) is 18.0. The average molecular weight is 888 g/mol. The molecule has 0 atom stereocenters. The maximum Gasteiger partial charge on any atom is 0.451 e. The number of amides is 1. The van der Waals surface area contributed by atoms with Crippen molar-refractivity contribution < 1.29 is 22.9 Å². The van der Waals surface area contributed by atoms with E-state index in [9.17, 15) is 18.4 Å². The third-order valence-electron chi connectivity index (χ3n) is 13.2. The van der Waals surface area contributed by atoms with Crippen LogP contribution in [0.2, 0.25) is 5.02 Å². The van der Waals surface area contributed by atoms with E-state index in [0.29, 0.717) is 40.1 Å². The summed E-state index contributed by atoms with van der Waals surface area (Å²) in [4.78, 5) is 34.6. The molecule has 330 valence electrons. The van der Waals surface area contributed by atoms with Gasteiger partial charge in [0.25, 0.3) is 5.91 Å². The number of alkyl halides is 2. The molecule has 13 nitrogen and oxygen atoms in total. The molecule has 0 radical (unpaired) electrons. The number of nitriles is 1. The zero-order valence-electron chi connectivity index (χ0n) is 35.9. The maximum absolute atomic E-state index is 14.7. The molecule has 3 aliphatic rings. The van der Waals surface area contributed by atoms with Gasteiger partial charge in [-0.1, -0.05) is 11.6 Å². The predicted octanol–water partition coefficient (Wildman–Crippen LogP) is 7.99. The van der Waals surface area contributed by atoms with E-state index in [1.165, 1.54) is 0 Å². The summed E-state index contributed by atoms with van der Waals surface area (Å²) in [5.41, 5.74) is 6.79. The molecule has 0 bridgehead atoms. The van der Waals surface area contributed by atoms with Gasteiger partial charge < -0.3 is 19.9 Å². The Morgan fingerprint density at radius 2 is 1.75 bits per heavy atom. The third-order valence-corrected chi connectivity index (χ3v) is 13.5. The number of pyridine rings is 2. The van der Waals surface area contributed by atoms with Crippen molar-refractivity contribution in [1.29, 1.82) is 5.26 Å². The highest BCUT2D eigenvalue weighted by molar-refractivity contribution is 6.31. The Hall–Kier alpha value is -6.40. The molecule has 16 heteroatoms. The zero-order chi connectivity index (χ0) is 44.5. The smallest absolute Gasteiger partial charge is 0.451 e. The molecule has 9 rings (SSSR count). The molecule has 1 saturated carbocycles. The minimum atomic E-state index is -2.75. The Balaban J connectivity index is 0.754. The first-order valence-electron chi connectivity index (χ1n) is 22.0. The van der Waals surface area contributed by atoms with Crippen LogP contribution in [0.25, 0.3) is 22.3 Å². The van der Waals surface area contributed by atoms with Crippen molar-refractivity contribution in [1.82, 2.24) is 29.6 Å². The van der Waals surface area contributed by atoms with Crippen LogP contribution in [0, 0.1) is 17.2 Å². The van der Waals surface area contributed by atoms with E-state index in [1.54, 1.807) is 59.9 Å². The fourth-order valence-electron chi connectivity index (χ4n) is 9.49. The van der Waals surface area contributed by atoms with Gasteiger partial charge in [-0.05, 0) is 130 Å². The van der Waals surface area contributed by atoms with Crippen molar-refractivity contribution in [2.75, 3.05) is 29.4 Å². The molecule has 1 aliphatic carbocycles. The molecule has 1 amide bonds. The second kappa shape index (κ2) is 18.4. The fraction of sp³-hybridized carbons (Fsp3) is 0.396. The van der Waals surface area contributed by atoms with E-state index in [1.807, 2.05) is 42.5 Å². The van der Waals surface area contributed by atoms with Crippen molar-refractivity contribution in [2.24, 2.45) is 20.0 Å². The van der Waals surface area contributed by atoms with E-state index >= 15 is 0 Å². The minimum Gasteiger partial charge on any atom is -0.490 e. The number of rotatable bonds is 11. The number of anilines is 3. The average Bonchev–Trinajstić information content (AvgIpc) is 3.53. The summed E-state index contributed by atoms with van der Waals surface area (Å²) < 4.78 is 39.8. The summed E-state index contributed by atoms with van der Waals surface area (Å²) in [6, 6.07) is 22.3. The Morgan fingerprint density at radius 1 is 0.953 bits per heavy atom. The summed E-state index contributed by atoms with van der Waals surface area (Å²) in [5.74, 6) is 1.66. The summed E-state index contributed by atoms with van der Waals surface area (Å²) in [6.45, 7) is -0.398. The lowest BCUT2D eigenvalue weighted by molar-refractivity contribution is -0.763. The molecule has 0 spiro atoms. The molecule has 2 aromatic carbocycles. The number of piperidine rings is 1. The van der Waals surface area contributed by atoms with Gasteiger partial charge in [0, 0.05) is 69.5 Å². The molecule has 6 heterocycles. The van der Waals surface area contributed by atoms with E-state index in [2.05, 4.69) is 31.4 Å². The lowest BCUT2D eigenvalue weighted by Crippen LogP contribution is -2.40. The number of ether oxygens (including phenoxy) is 1. The van der Waals surface area contributed by atoms with Crippen LogP contribution in [0.1, 0.15) is 85.2 Å². The van der Waals surface area contributed by atoms with Crippen molar-refractivity contribution in [3.63, 3.8) is 0 Å². The number of aromatic nitrogens is 6. The lowest BCUT2D eigenvalue weighted by atomic mass is 9.91. The molecule has 6 aromatic rings. The van der Waals surface area contributed by atoms with Gasteiger partial charge in [0.2, 0.25) is 5.69 Å². The monoisotopic (exact) mass is 887 g/mol. The quantitative estimate of drug-likeness (QED) is 0.128. The third kappa shape index (κ3) is 8.88. The highest BCUT2D eigenvalue weighted by Gasteiger charge is 2.31.